The lowest BCUT2D eigenvalue weighted by atomic mass is 9.81. The van der Waals surface area contributed by atoms with Gasteiger partial charge in [-0.15, -0.1) is 0 Å². The molecule has 58 heavy (non-hydrogen) atoms. The number of pyridine rings is 1. The fourth-order valence-electron chi connectivity index (χ4n) is 8.61. The number of hydrogen-bond acceptors (Lipinski definition) is 3. The van der Waals surface area contributed by atoms with E-state index in [2.05, 4.69) is 215 Å². The molecule has 0 N–H and O–H groups in total. The Balaban J connectivity index is 1.10. The third-order valence-corrected chi connectivity index (χ3v) is 11.2. The highest BCUT2D eigenvalue weighted by Gasteiger charge is 2.24. The Hall–Kier alpha value is -7.82. The van der Waals surface area contributed by atoms with Gasteiger partial charge in [-0.05, 0) is 117 Å². The highest BCUT2D eigenvalue weighted by atomic mass is 15.1. The monoisotopic (exact) mass is 740 g/mol. The fraction of sp³-hybridized carbons (Fsp3) is 0. The van der Waals surface area contributed by atoms with Crippen LogP contribution in [-0.2, 0) is 0 Å². The molecule has 1 aliphatic rings. The van der Waals surface area contributed by atoms with Gasteiger partial charge in [0, 0.05) is 40.1 Å². The van der Waals surface area contributed by atoms with E-state index in [1.807, 2.05) is 18.3 Å². The van der Waals surface area contributed by atoms with Gasteiger partial charge in [0.25, 0.3) is 0 Å². The quantitative estimate of drug-likeness (QED) is 0.170. The Labute approximate surface area is 337 Å². The highest BCUT2D eigenvalue weighted by molar-refractivity contribution is 6.03. The van der Waals surface area contributed by atoms with Crippen LogP contribution in [0.2, 0.25) is 0 Å². The molecule has 0 fully saturated rings. The lowest BCUT2D eigenvalue weighted by Gasteiger charge is -2.26. The van der Waals surface area contributed by atoms with Crippen LogP contribution >= 0.6 is 0 Å². The standard InChI is InChI=1S/C54H36N4/c1-2-18-39(19-3-1)57(40-20-14-16-37(34-40)51-28-12-13-33-55-51)41-21-15-17-38(35-41)54-56-52-29-10-11-30-53(52)58(54)42-31-32-49-47-26-7-6-24-45(47)43-22-4-5-23-44(43)46-25-8-9-27-48(46)50(49)36-42/h1-36H. The van der Waals surface area contributed by atoms with Gasteiger partial charge in [-0.2, -0.15) is 0 Å². The molecule has 0 bridgehead atoms. The molecule has 0 aliphatic heterocycles. The molecule has 11 rings (SSSR count). The van der Waals surface area contributed by atoms with Gasteiger partial charge in [-0.3, -0.25) is 9.55 Å². The number of anilines is 3. The van der Waals surface area contributed by atoms with Crippen molar-refractivity contribution in [3.63, 3.8) is 0 Å². The molecular formula is C54H36N4. The van der Waals surface area contributed by atoms with Crippen LogP contribution in [0.3, 0.4) is 0 Å². The summed E-state index contributed by atoms with van der Waals surface area (Å²) in [4.78, 5) is 12.3. The van der Waals surface area contributed by atoms with Crippen molar-refractivity contribution < 1.29 is 0 Å². The molecule has 0 atom stereocenters. The number of imidazole rings is 1. The summed E-state index contributed by atoms with van der Waals surface area (Å²) in [6, 6.07) is 75.7. The fourth-order valence-corrected chi connectivity index (χ4v) is 8.61. The Morgan fingerprint density at radius 1 is 0.362 bits per heavy atom. The molecular weight excluding hydrogens is 705 g/mol. The number of hydrogen-bond donors (Lipinski definition) is 0. The zero-order chi connectivity index (χ0) is 38.4. The Kier molecular flexibility index (Phi) is 8.11. The summed E-state index contributed by atoms with van der Waals surface area (Å²) in [5, 5.41) is 0. The van der Waals surface area contributed by atoms with E-state index in [9.17, 15) is 0 Å². The van der Waals surface area contributed by atoms with E-state index in [0.717, 1.165) is 56.4 Å². The molecule has 2 heterocycles. The second kappa shape index (κ2) is 14.0. The largest absolute Gasteiger partial charge is 0.310 e. The number of rotatable bonds is 6. The van der Waals surface area contributed by atoms with Crippen molar-refractivity contribution in [1.82, 2.24) is 14.5 Å². The van der Waals surface area contributed by atoms with Gasteiger partial charge in [0.05, 0.1) is 16.7 Å². The van der Waals surface area contributed by atoms with E-state index in [1.165, 1.54) is 44.5 Å². The van der Waals surface area contributed by atoms with Crippen molar-refractivity contribution in [2.75, 3.05) is 4.90 Å². The van der Waals surface area contributed by atoms with Crippen molar-refractivity contribution in [2.24, 2.45) is 0 Å². The van der Waals surface area contributed by atoms with Crippen LogP contribution in [0.4, 0.5) is 17.1 Å². The number of fused-ring (bicyclic) bond motifs is 9. The van der Waals surface area contributed by atoms with Gasteiger partial charge in [0.1, 0.15) is 5.82 Å². The van der Waals surface area contributed by atoms with E-state index in [-0.39, 0.29) is 0 Å². The minimum Gasteiger partial charge on any atom is -0.310 e. The second-order valence-corrected chi connectivity index (χ2v) is 14.6. The first-order valence-corrected chi connectivity index (χ1v) is 19.7. The van der Waals surface area contributed by atoms with Crippen molar-refractivity contribution in [3.05, 3.63) is 219 Å². The van der Waals surface area contributed by atoms with Gasteiger partial charge in [-0.1, -0.05) is 140 Å². The van der Waals surface area contributed by atoms with Gasteiger partial charge in [0.2, 0.25) is 0 Å². The molecule has 8 aromatic carbocycles. The molecule has 0 amide bonds. The van der Waals surface area contributed by atoms with Crippen molar-refractivity contribution in [3.8, 4) is 72.8 Å². The third kappa shape index (κ3) is 5.70. The van der Waals surface area contributed by atoms with E-state index in [1.54, 1.807) is 0 Å². The molecule has 0 saturated carbocycles. The molecule has 4 nitrogen and oxygen atoms in total. The average Bonchev–Trinajstić information content (AvgIpc) is 3.69. The smallest absolute Gasteiger partial charge is 0.145 e. The molecule has 2 aromatic heterocycles. The minimum atomic E-state index is 0.878. The summed E-state index contributed by atoms with van der Waals surface area (Å²) in [5.74, 6) is 0.878. The zero-order valence-corrected chi connectivity index (χ0v) is 31.6. The van der Waals surface area contributed by atoms with E-state index < -0.39 is 0 Å². The van der Waals surface area contributed by atoms with E-state index in [0.29, 0.717) is 0 Å². The summed E-state index contributed by atoms with van der Waals surface area (Å²) in [5.41, 5.74) is 19.0. The van der Waals surface area contributed by atoms with Crippen LogP contribution in [0.5, 0.6) is 0 Å². The summed E-state index contributed by atoms with van der Waals surface area (Å²) in [7, 11) is 0. The van der Waals surface area contributed by atoms with Crippen LogP contribution < -0.4 is 4.90 Å². The first-order chi connectivity index (χ1) is 28.8. The maximum atomic E-state index is 5.35. The summed E-state index contributed by atoms with van der Waals surface area (Å²) < 4.78 is 2.32. The lowest BCUT2D eigenvalue weighted by Crippen LogP contribution is -2.10. The summed E-state index contributed by atoms with van der Waals surface area (Å²) in [6.45, 7) is 0. The minimum absolute atomic E-state index is 0.878. The van der Waals surface area contributed by atoms with Crippen molar-refractivity contribution in [1.29, 1.82) is 0 Å². The number of para-hydroxylation sites is 3. The highest BCUT2D eigenvalue weighted by Crippen LogP contribution is 2.48. The Morgan fingerprint density at radius 3 is 1.52 bits per heavy atom. The second-order valence-electron chi connectivity index (χ2n) is 14.6. The van der Waals surface area contributed by atoms with Crippen molar-refractivity contribution >= 4 is 28.1 Å². The van der Waals surface area contributed by atoms with Gasteiger partial charge in [0.15, 0.2) is 0 Å². The molecule has 0 spiro atoms. The van der Waals surface area contributed by atoms with Gasteiger partial charge < -0.3 is 4.90 Å². The molecule has 1 aliphatic carbocycles. The third-order valence-electron chi connectivity index (χ3n) is 11.2. The molecule has 0 saturated heterocycles. The Bertz CT molecular complexity index is 3120. The Morgan fingerprint density at radius 2 is 0.879 bits per heavy atom. The number of aromatic nitrogens is 3. The average molecular weight is 741 g/mol. The zero-order valence-electron chi connectivity index (χ0n) is 31.6. The molecule has 0 radical (unpaired) electrons. The van der Waals surface area contributed by atoms with E-state index in [4.69, 9.17) is 4.98 Å². The SMILES string of the molecule is c1ccc(N(c2cccc(-c3ccccn3)c2)c2cccc(-c3nc4ccccc4n3-c3ccc4c(c3)-c3ccccc3-c3ccccc3-c3ccccc3-4)c2)cc1. The predicted molar refractivity (Wildman–Crippen MR) is 240 cm³/mol. The van der Waals surface area contributed by atoms with E-state index >= 15 is 0 Å². The van der Waals surface area contributed by atoms with Gasteiger partial charge in [-0.25, -0.2) is 4.98 Å². The molecule has 4 heteroatoms. The van der Waals surface area contributed by atoms with Crippen LogP contribution in [0.25, 0.3) is 83.9 Å². The predicted octanol–water partition coefficient (Wildman–Crippen LogP) is 14.2. The lowest BCUT2D eigenvalue weighted by molar-refractivity contribution is 1.10. The number of nitrogens with zero attached hydrogens (tertiary/aromatic N) is 4. The van der Waals surface area contributed by atoms with Crippen LogP contribution in [-0.4, -0.2) is 14.5 Å². The van der Waals surface area contributed by atoms with Crippen LogP contribution in [0, 0.1) is 0 Å². The molecule has 10 aromatic rings. The van der Waals surface area contributed by atoms with Gasteiger partial charge >= 0.3 is 0 Å². The number of benzene rings is 8. The molecule has 272 valence electrons. The maximum Gasteiger partial charge on any atom is 0.145 e. The van der Waals surface area contributed by atoms with Crippen LogP contribution in [0.1, 0.15) is 0 Å². The summed E-state index contributed by atoms with van der Waals surface area (Å²) >= 11 is 0. The first-order valence-electron chi connectivity index (χ1n) is 19.7. The van der Waals surface area contributed by atoms with Crippen LogP contribution in [0.15, 0.2) is 219 Å². The maximum absolute atomic E-state index is 5.35. The van der Waals surface area contributed by atoms with Crippen molar-refractivity contribution in [2.45, 2.75) is 0 Å². The summed E-state index contributed by atoms with van der Waals surface area (Å²) in [6.07, 6.45) is 1.84. The molecule has 0 unspecified atom stereocenters. The first kappa shape index (κ1) is 33.5. The normalized spacial score (nSPS) is 11.4. The topological polar surface area (TPSA) is 34.0 Å².